The lowest BCUT2D eigenvalue weighted by Crippen LogP contribution is -2.40. The van der Waals surface area contributed by atoms with Crippen molar-refractivity contribution < 1.29 is 4.79 Å². The quantitative estimate of drug-likeness (QED) is 0.447. The van der Waals surface area contributed by atoms with Crippen LogP contribution in [0, 0.1) is 12.8 Å². The summed E-state index contributed by atoms with van der Waals surface area (Å²) in [6, 6.07) is 22.2. The molecule has 0 saturated carbocycles. The summed E-state index contributed by atoms with van der Waals surface area (Å²) in [7, 11) is 0. The van der Waals surface area contributed by atoms with E-state index in [2.05, 4.69) is 56.2 Å². The molecule has 0 bridgehead atoms. The van der Waals surface area contributed by atoms with Crippen LogP contribution in [-0.4, -0.2) is 42.1 Å². The molecule has 0 atom stereocenters. The molecule has 0 unspecified atom stereocenters. The van der Waals surface area contributed by atoms with Crippen LogP contribution in [-0.2, 0) is 6.42 Å². The molecule has 4 rings (SSSR count). The van der Waals surface area contributed by atoms with Gasteiger partial charge in [-0.05, 0) is 68.5 Å². The van der Waals surface area contributed by atoms with Crippen LogP contribution in [0.5, 0.6) is 0 Å². The van der Waals surface area contributed by atoms with Crippen molar-refractivity contribution in [1.29, 1.82) is 0 Å². The van der Waals surface area contributed by atoms with Crippen LogP contribution in [0.1, 0.15) is 24.0 Å². The zero-order valence-electron chi connectivity index (χ0n) is 19.3. The number of likely N-dealkylation sites (tertiary alicyclic amines) is 1. The summed E-state index contributed by atoms with van der Waals surface area (Å²) in [6.07, 6.45) is 5.29. The van der Waals surface area contributed by atoms with Crippen molar-refractivity contribution in [2.75, 3.05) is 36.8 Å². The van der Waals surface area contributed by atoms with Gasteiger partial charge in [0.25, 0.3) is 0 Å². The molecule has 0 spiro atoms. The second-order valence-electron chi connectivity index (χ2n) is 8.73. The molecule has 1 fully saturated rings. The molecule has 172 valence electrons. The third-order valence-corrected chi connectivity index (χ3v) is 6.21. The van der Waals surface area contributed by atoms with Gasteiger partial charge in [-0.15, -0.1) is 0 Å². The molecular weight excluding hydrogens is 410 g/mol. The predicted molar refractivity (Wildman–Crippen MR) is 135 cm³/mol. The second kappa shape index (κ2) is 11.5. The summed E-state index contributed by atoms with van der Waals surface area (Å²) in [4.78, 5) is 19.1. The van der Waals surface area contributed by atoms with E-state index in [1.165, 1.54) is 24.8 Å². The molecule has 0 radical (unpaired) electrons. The van der Waals surface area contributed by atoms with E-state index in [-0.39, 0.29) is 6.03 Å². The van der Waals surface area contributed by atoms with Crippen LogP contribution in [0.15, 0.2) is 72.9 Å². The highest BCUT2D eigenvalue weighted by molar-refractivity contribution is 5.89. The number of benzene rings is 2. The number of carbonyl (C=O) groups is 1. The molecule has 1 aromatic heterocycles. The van der Waals surface area contributed by atoms with E-state index < -0.39 is 0 Å². The predicted octanol–water partition coefficient (Wildman–Crippen LogP) is 5.21. The number of nitrogens with zero attached hydrogens (tertiary/aromatic N) is 2. The number of rotatable bonds is 8. The van der Waals surface area contributed by atoms with Gasteiger partial charge in [-0.2, -0.15) is 0 Å². The first-order valence-electron chi connectivity index (χ1n) is 11.8. The third-order valence-electron chi connectivity index (χ3n) is 6.21. The number of amides is 2. The standard InChI is InChI=1S/C27H33N5O/c1-21-7-5-6-10-25(21)31-26-20-24(11-14-28-26)30-27(33)29-15-18-32-16-12-23(13-17-32)19-22-8-3-2-4-9-22/h2-11,14,20,23H,12-13,15-19H2,1H3,(H3,28,29,30,31,33). The molecule has 6 heteroatoms. The molecule has 2 aromatic carbocycles. The molecule has 2 heterocycles. The Morgan fingerprint density at radius 1 is 1.03 bits per heavy atom. The Balaban J connectivity index is 1.16. The fourth-order valence-corrected chi connectivity index (χ4v) is 4.29. The lowest BCUT2D eigenvalue weighted by Gasteiger charge is -2.32. The molecule has 2 amide bonds. The van der Waals surface area contributed by atoms with Gasteiger partial charge in [0.2, 0.25) is 0 Å². The zero-order chi connectivity index (χ0) is 22.9. The van der Waals surface area contributed by atoms with Gasteiger partial charge in [0.1, 0.15) is 5.82 Å². The van der Waals surface area contributed by atoms with Crippen LogP contribution in [0.2, 0.25) is 0 Å². The summed E-state index contributed by atoms with van der Waals surface area (Å²) in [6.45, 7) is 5.75. The van der Waals surface area contributed by atoms with Gasteiger partial charge in [-0.3, -0.25) is 0 Å². The minimum absolute atomic E-state index is 0.193. The summed E-state index contributed by atoms with van der Waals surface area (Å²) in [5.74, 6) is 1.45. The minimum Gasteiger partial charge on any atom is -0.340 e. The maximum atomic E-state index is 12.4. The SMILES string of the molecule is Cc1ccccc1Nc1cc(NC(=O)NCCN2CCC(Cc3ccccc3)CC2)ccn1. The highest BCUT2D eigenvalue weighted by atomic mass is 16.2. The highest BCUT2D eigenvalue weighted by Gasteiger charge is 2.19. The number of aromatic nitrogens is 1. The van der Waals surface area contributed by atoms with Crippen molar-refractivity contribution in [2.45, 2.75) is 26.2 Å². The average molecular weight is 444 g/mol. The maximum absolute atomic E-state index is 12.4. The van der Waals surface area contributed by atoms with E-state index in [9.17, 15) is 4.79 Å². The third kappa shape index (κ3) is 7.05. The van der Waals surface area contributed by atoms with Crippen LogP contribution in [0.4, 0.5) is 22.0 Å². The first-order valence-corrected chi connectivity index (χ1v) is 11.8. The van der Waals surface area contributed by atoms with Crippen LogP contribution >= 0.6 is 0 Å². The van der Waals surface area contributed by atoms with Crippen molar-refractivity contribution >= 4 is 23.2 Å². The Hall–Kier alpha value is -3.38. The topological polar surface area (TPSA) is 69.3 Å². The Labute approximate surface area is 196 Å². The first kappa shape index (κ1) is 22.8. The van der Waals surface area contributed by atoms with Crippen LogP contribution in [0.3, 0.4) is 0 Å². The number of hydrogen-bond donors (Lipinski definition) is 3. The van der Waals surface area contributed by atoms with E-state index in [0.717, 1.165) is 36.8 Å². The smallest absolute Gasteiger partial charge is 0.319 e. The Morgan fingerprint density at radius 3 is 2.58 bits per heavy atom. The molecule has 3 N–H and O–H groups in total. The molecule has 0 aliphatic carbocycles. The Bertz CT molecular complexity index is 1030. The van der Waals surface area contributed by atoms with E-state index in [0.29, 0.717) is 18.1 Å². The first-order chi connectivity index (χ1) is 16.2. The molecular formula is C27H33N5O. The van der Waals surface area contributed by atoms with Crippen LogP contribution in [0.25, 0.3) is 0 Å². The fraction of sp³-hybridized carbons (Fsp3) is 0.333. The number of aryl methyl sites for hydroxylation is 1. The van der Waals surface area contributed by atoms with Crippen molar-refractivity contribution in [3.05, 3.63) is 84.1 Å². The fourth-order valence-electron chi connectivity index (χ4n) is 4.29. The van der Waals surface area contributed by atoms with E-state index >= 15 is 0 Å². The van der Waals surface area contributed by atoms with E-state index in [1.54, 1.807) is 12.3 Å². The van der Waals surface area contributed by atoms with Crippen LogP contribution < -0.4 is 16.0 Å². The maximum Gasteiger partial charge on any atom is 0.319 e. The van der Waals surface area contributed by atoms with Gasteiger partial charge >= 0.3 is 6.03 Å². The van der Waals surface area contributed by atoms with Crippen molar-refractivity contribution in [1.82, 2.24) is 15.2 Å². The summed E-state index contributed by atoms with van der Waals surface area (Å²) in [5, 5.41) is 9.18. The number of nitrogens with one attached hydrogen (secondary N) is 3. The summed E-state index contributed by atoms with van der Waals surface area (Å²) < 4.78 is 0. The van der Waals surface area contributed by atoms with Gasteiger partial charge in [0.05, 0.1) is 0 Å². The van der Waals surface area contributed by atoms with E-state index in [4.69, 9.17) is 0 Å². The van der Waals surface area contributed by atoms with Gasteiger partial charge in [-0.25, -0.2) is 9.78 Å². The molecule has 6 nitrogen and oxygen atoms in total. The second-order valence-corrected chi connectivity index (χ2v) is 8.73. The number of carbonyl (C=O) groups excluding carboxylic acids is 1. The summed E-state index contributed by atoms with van der Waals surface area (Å²) in [5.41, 5.74) is 4.28. The number of para-hydroxylation sites is 1. The number of hydrogen-bond acceptors (Lipinski definition) is 4. The van der Waals surface area contributed by atoms with Crippen molar-refractivity contribution in [2.24, 2.45) is 5.92 Å². The monoisotopic (exact) mass is 443 g/mol. The molecule has 1 saturated heterocycles. The summed E-state index contributed by atoms with van der Waals surface area (Å²) >= 11 is 0. The molecule has 1 aliphatic rings. The molecule has 3 aromatic rings. The minimum atomic E-state index is -0.193. The van der Waals surface area contributed by atoms with E-state index in [1.807, 2.05) is 37.3 Å². The average Bonchev–Trinajstić information content (AvgIpc) is 2.83. The van der Waals surface area contributed by atoms with Gasteiger partial charge in [0, 0.05) is 36.7 Å². The highest BCUT2D eigenvalue weighted by Crippen LogP contribution is 2.22. The van der Waals surface area contributed by atoms with Gasteiger partial charge in [-0.1, -0.05) is 48.5 Å². The van der Waals surface area contributed by atoms with Gasteiger partial charge in [0.15, 0.2) is 0 Å². The molecule has 33 heavy (non-hydrogen) atoms. The Morgan fingerprint density at radius 2 is 1.79 bits per heavy atom. The van der Waals surface area contributed by atoms with Gasteiger partial charge < -0.3 is 20.9 Å². The van der Waals surface area contributed by atoms with Crippen molar-refractivity contribution in [3.8, 4) is 0 Å². The lowest BCUT2D eigenvalue weighted by atomic mass is 9.90. The molecule has 1 aliphatic heterocycles. The number of pyridine rings is 1. The largest absolute Gasteiger partial charge is 0.340 e. The number of anilines is 3. The number of piperidine rings is 1. The Kier molecular flexibility index (Phi) is 7.93. The normalized spacial score (nSPS) is 14.6. The lowest BCUT2D eigenvalue weighted by molar-refractivity contribution is 0.184. The van der Waals surface area contributed by atoms with Crippen molar-refractivity contribution in [3.63, 3.8) is 0 Å². The number of urea groups is 1. The zero-order valence-corrected chi connectivity index (χ0v) is 19.3.